The van der Waals surface area contributed by atoms with E-state index in [0.717, 1.165) is 11.1 Å². The Bertz CT molecular complexity index is 886. The van der Waals surface area contributed by atoms with E-state index in [-0.39, 0.29) is 11.7 Å². The van der Waals surface area contributed by atoms with Crippen LogP contribution in [-0.4, -0.2) is 42.7 Å². The number of carbonyl (C=O) groups excluding carboxylic acids is 1. The van der Waals surface area contributed by atoms with Crippen molar-refractivity contribution in [1.82, 2.24) is 9.73 Å². The van der Waals surface area contributed by atoms with Crippen molar-refractivity contribution in [2.75, 3.05) is 12.3 Å². The van der Waals surface area contributed by atoms with Gasteiger partial charge >= 0.3 is 0 Å². The van der Waals surface area contributed by atoms with Crippen molar-refractivity contribution >= 4 is 21.6 Å². The number of carbonyl (C=O) groups is 1. The summed E-state index contributed by atoms with van der Waals surface area (Å²) in [4.78, 5) is 12.7. The molecule has 1 aliphatic heterocycles. The predicted octanol–water partition coefficient (Wildman–Crippen LogP) is 2.76. The van der Waals surface area contributed by atoms with Crippen molar-refractivity contribution in [2.24, 2.45) is 5.10 Å². The molecular formula is C21H25N3O3S. The second-order valence-corrected chi connectivity index (χ2v) is 8.79. The predicted molar refractivity (Wildman–Crippen MR) is 110 cm³/mol. The van der Waals surface area contributed by atoms with Gasteiger partial charge in [0.1, 0.15) is 6.04 Å². The minimum Gasteiger partial charge on any atom is -0.271 e. The molecule has 1 amide bonds. The average molecular weight is 400 g/mol. The van der Waals surface area contributed by atoms with Crippen LogP contribution in [-0.2, 0) is 14.8 Å². The lowest BCUT2D eigenvalue weighted by molar-refractivity contribution is -0.124. The quantitative estimate of drug-likeness (QED) is 0.574. The van der Waals surface area contributed by atoms with Crippen LogP contribution in [0.4, 0.5) is 0 Å². The first-order valence-corrected chi connectivity index (χ1v) is 11.1. The van der Waals surface area contributed by atoms with E-state index in [0.29, 0.717) is 31.5 Å². The van der Waals surface area contributed by atoms with Crippen LogP contribution in [0.25, 0.3) is 0 Å². The maximum absolute atomic E-state index is 12.7. The highest BCUT2D eigenvalue weighted by molar-refractivity contribution is 7.89. The first kappa shape index (κ1) is 20.2. The SMILES string of the molecule is CCCS(=O)(=O)N1CCCC1C(=O)NN=C(c1ccccc1)c1ccccc1. The lowest BCUT2D eigenvalue weighted by atomic mass is 10.0. The first-order valence-electron chi connectivity index (χ1n) is 9.51. The van der Waals surface area contributed by atoms with Gasteiger partial charge < -0.3 is 0 Å². The van der Waals surface area contributed by atoms with E-state index in [1.807, 2.05) is 67.6 Å². The molecule has 7 heteroatoms. The van der Waals surface area contributed by atoms with Gasteiger partial charge in [0, 0.05) is 17.7 Å². The standard InChI is InChI=1S/C21H25N3O3S/c1-2-16-28(26,27)24-15-9-14-19(24)21(25)23-22-20(17-10-5-3-6-11-17)18-12-7-4-8-13-18/h3-8,10-13,19H,2,9,14-16H2,1H3,(H,23,25). The largest absolute Gasteiger partial charge is 0.271 e. The van der Waals surface area contributed by atoms with Crippen molar-refractivity contribution in [3.63, 3.8) is 0 Å². The summed E-state index contributed by atoms with van der Waals surface area (Å²) in [5.74, 6) is -0.333. The maximum atomic E-state index is 12.7. The van der Waals surface area contributed by atoms with E-state index >= 15 is 0 Å². The van der Waals surface area contributed by atoms with E-state index in [1.54, 1.807) is 0 Å². The summed E-state index contributed by atoms with van der Waals surface area (Å²) in [6.45, 7) is 2.20. The van der Waals surface area contributed by atoms with Gasteiger partial charge in [-0.25, -0.2) is 13.8 Å². The lowest BCUT2D eigenvalue weighted by Crippen LogP contribution is -2.45. The van der Waals surface area contributed by atoms with Crippen molar-refractivity contribution in [3.8, 4) is 0 Å². The zero-order valence-corrected chi connectivity index (χ0v) is 16.7. The Morgan fingerprint density at radius 1 is 1.07 bits per heavy atom. The molecule has 6 nitrogen and oxygen atoms in total. The van der Waals surface area contributed by atoms with Gasteiger partial charge in [-0.2, -0.15) is 9.41 Å². The van der Waals surface area contributed by atoms with Gasteiger partial charge in [0.05, 0.1) is 11.5 Å². The van der Waals surface area contributed by atoms with E-state index in [1.165, 1.54) is 4.31 Å². The lowest BCUT2D eigenvalue weighted by Gasteiger charge is -2.22. The highest BCUT2D eigenvalue weighted by Gasteiger charge is 2.38. The molecule has 2 aromatic carbocycles. The van der Waals surface area contributed by atoms with Crippen LogP contribution in [0.1, 0.15) is 37.3 Å². The summed E-state index contributed by atoms with van der Waals surface area (Å²) >= 11 is 0. The molecule has 1 unspecified atom stereocenters. The molecule has 0 aliphatic carbocycles. The molecule has 1 N–H and O–H groups in total. The van der Waals surface area contributed by atoms with Gasteiger partial charge in [0.25, 0.3) is 5.91 Å². The van der Waals surface area contributed by atoms with Crippen molar-refractivity contribution in [3.05, 3.63) is 71.8 Å². The van der Waals surface area contributed by atoms with Gasteiger partial charge in [0.15, 0.2) is 0 Å². The number of sulfonamides is 1. The number of amides is 1. The second kappa shape index (κ2) is 9.12. The second-order valence-electron chi connectivity index (χ2n) is 6.75. The molecule has 1 heterocycles. The zero-order valence-electron chi connectivity index (χ0n) is 15.9. The van der Waals surface area contributed by atoms with Gasteiger partial charge in [-0.3, -0.25) is 4.79 Å². The summed E-state index contributed by atoms with van der Waals surface area (Å²) in [5.41, 5.74) is 4.99. The molecule has 0 radical (unpaired) electrons. The fraction of sp³-hybridized carbons (Fsp3) is 0.333. The Hall–Kier alpha value is -2.51. The molecule has 1 fully saturated rings. The summed E-state index contributed by atoms with van der Waals surface area (Å²) in [6, 6.07) is 18.5. The zero-order chi connectivity index (χ0) is 20.0. The highest BCUT2D eigenvalue weighted by Crippen LogP contribution is 2.22. The van der Waals surface area contributed by atoms with E-state index in [2.05, 4.69) is 10.5 Å². The van der Waals surface area contributed by atoms with Crippen LogP contribution >= 0.6 is 0 Å². The number of nitrogens with one attached hydrogen (secondary N) is 1. The van der Waals surface area contributed by atoms with E-state index in [9.17, 15) is 13.2 Å². The van der Waals surface area contributed by atoms with Crippen LogP contribution in [0.5, 0.6) is 0 Å². The molecule has 3 rings (SSSR count). The highest BCUT2D eigenvalue weighted by atomic mass is 32.2. The Labute approximate surface area is 166 Å². The third kappa shape index (κ3) is 4.66. The van der Waals surface area contributed by atoms with Crippen LogP contribution < -0.4 is 5.43 Å². The normalized spacial score (nSPS) is 17.2. The van der Waals surface area contributed by atoms with Crippen LogP contribution in [0.15, 0.2) is 65.8 Å². The Morgan fingerprint density at radius 3 is 2.18 bits per heavy atom. The summed E-state index contributed by atoms with van der Waals surface area (Å²) < 4.78 is 26.2. The smallest absolute Gasteiger partial charge is 0.258 e. The van der Waals surface area contributed by atoms with Crippen LogP contribution in [0.2, 0.25) is 0 Å². The van der Waals surface area contributed by atoms with Gasteiger partial charge in [0.2, 0.25) is 10.0 Å². The fourth-order valence-electron chi connectivity index (χ4n) is 3.38. The van der Waals surface area contributed by atoms with Gasteiger partial charge in [-0.05, 0) is 19.3 Å². The third-order valence-corrected chi connectivity index (χ3v) is 6.77. The number of hydrogen-bond acceptors (Lipinski definition) is 4. The van der Waals surface area contributed by atoms with Crippen molar-refractivity contribution in [2.45, 2.75) is 32.2 Å². The summed E-state index contributed by atoms with van der Waals surface area (Å²) in [6.07, 6.45) is 1.71. The Balaban J connectivity index is 1.84. The third-order valence-electron chi connectivity index (χ3n) is 4.70. The molecule has 0 aromatic heterocycles. The number of nitrogens with zero attached hydrogens (tertiary/aromatic N) is 2. The number of rotatable bonds is 7. The minimum atomic E-state index is -3.42. The summed E-state index contributed by atoms with van der Waals surface area (Å²) in [5, 5.41) is 4.37. The first-order chi connectivity index (χ1) is 13.5. The Morgan fingerprint density at radius 2 is 1.64 bits per heavy atom. The molecule has 148 valence electrons. The maximum Gasteiger partial charge on any atom is 0.258 e. The van der Waals surface area contributed by atoms with Gasteiger partial charge in [-0.15, -0.1) is 0 Å². The molecule has 1 atom stereocenters. The topological polar surface area (TPSA) is 78.8 Å². The Kier molecular flexibility index (Phi) is 6.59. The monoisotopic (exact) mass is 399 g/mol. The fourth-order valence-corrected chi connectivity index (χ4v) is 5.13. The molecule has 0 saturated carbocycles. The summed E-state index contributed by atoms with van der Waals surface area (Å²) in [7, 11) is -3.42. The van der Waals surface area contributed by atoms with E-state index < -0.39 is 16.1 Å². The molecule has 0 spiro atoms. The molecule has 28 heavy (non-hydrogen) atoms. The van der Waals surface area contributed by atoms with Crippen LogP contribution in [0, 0.1) is 0 Å². The molecule has 1 aliphatic rings. The number of benzene rings is 2. The van der Waals surface area contributed by atoms with Crippen LogP contribution in [0.3, 0.4) is 0 Å². The van der Waals surface area contributed by atoms with Gasteiger partial charge in [-0.1, -0.05) is 67.6 Å². The average Bonchev–Trinajstić information content (AvgIpc) is 3.21. The number of hydrazone groups is 1. The number of hydrogen-bond donors (Lipinski definition) is 1. The van der Waals surface area contributed by atoms with Crippen molar-refractivity contribution < 1.29 is 13.2 Å². The van der Waals surface area contributed by atoms with E-state index in [4.69, 9.17) is 0 Å². The molecule has 0 bridgehead atoms. The molecular weight excluding hydrogens is 374 g/mol. The molecule has 2 aromatic rings. The van der Waals surface area contributed by atoms with Crippen molar-refractivity contribution in [1.29, 1.82) is 0 Å². The minimum absolute atomic E-state index is 0.0549. The molecule has 1 saturated heterocycles.